The van der Waals surface area contributed by atoms with Crippen LogP contribution in [0.3, 0.4) is 0 Å². The molecule has 0 radical (unpaired) electrons. The molecule has 0 spiro atoms. The third kappa shape index (κ3) is 5.50. The van der Waals surface area contributed by atoms with Crippen LogP contribution in [0.1, 0.15) is 21.8 Å². The molecular weight excluding hydrogens is 568 g/mol. The molecule has 0 N–H and O–H groups in total. The Kier molecular flexibility index (Phi) is 7.24. The smallest absolute Gasteiger partial charge is 0.294 e. The molecule has 4 aromatic heterocycles. The van der Waals surface area contributed by atoms with Gasteiger partial charge in [0.25, 0.3) is 11.5 Å². The van der Waals surface area contributed by atoms with Crippen molar-refractivity contribution in [1.29, 1.82) is 0 Å². The fourth-order valence-electron chi connectivity index (χ4n) is 5.27. The molecular formula is C34H26N8O3. The molecule has 220 valence electrons. The summed E-state index contributed by atoms with van der Waals surface area (Å²) in [6.07, 6.45) is 4.68. The Bertz CT molecular complexity index is 2170. The molecule has 0 unspecified atom stereocenters. The molecule has 0 aliphatic carbocycles. The largest absolute Gasteiger partial charge is 0.459 e. The van der Waals surface area contributed by atoms with E-state index >= 15 is 0 Å². The highest BCUT2D eigenvalue weighted by Gasteiger charge is 2.22. The summed E-state index contributed by atoms with van der Waals surface area (Å²) < 4.78 is 8.61. The van der Waals surface area contributed by atoms with Crippen molar-refractivity contribution in [2.24, 2.45) is 7.05 Å². The van der Waals surface area contributed by atoms with E-state index in [1.807, 2.05) is 73.8 Å². The van der Waals surface area contributed by atoms with Crippen LogP contribution in [0.15, 0.2) is 125 Å². The standard InChI is InChI=1S/C34H26N8O3/c1-40-32(37-38-39-40)28-9-3-2-8-27(28)24-13-11-23(12-14-24)20-41-22-36-30-16-15-26(19-29(30)33(41)43)42(21-25-7-4-5-17-35-25)34(44)31-10-6-18-45-31/h2-19,22H,20-21H2,1H3. The number of nitrogens with zero attached hydrogens (tertiary/aromatic N) is 8. The van der Waals surface area contributed by atoms with Crippen molar-refractivity contribution < 1.29 is 9.21 Å². The van der Waals surface area contributed by atoms with Crippen LogP contribution in [0.25, 0.3) is 33.4 Å². The number of rotatable bonds is 8. The summed E-state index contributed by atoms with van der Waals surface area (Å²) in [6.45, 7) is 0.521. The van der Waals surface area contributed by atoms with Gasteiger partial charge in [-0.3, -0.25) is 24.0 Å². The lowest BCUT2D eigenvalue weighted by Crippen LogP contribution is -2.31. The zero-order chi connectivity index (χ0) is 30.8. The van der Waals surface area contributed by atoms with Gasteiger partial charge in [-0.05, 0) is 69.6 Å². The zero-order valence-electron chi connectivity index (χ0n) is 24.2. The second kappa shape index (κ2) is 11.8. The number of tetrazole rings is 1. The van der Waals surface area contributed by atoms with Crippen molar-refractivity contribution in [3.8, 4) is 22.5 Å². The van der Waals surface area contributed by atoms with Crippen LogP contribution >= 0.6 is 0 Å². The average Bonchev–Trinajstić information content (AvgIpc) is 3.78. The molecule has 7 rings (SSSR count). The number of fused-ring (bicyclic) bond motifs is 1. The maximum Gasteiger partial charge on any atom is 0.294 e. The molecule has 11 nitrogen and oxygen atoms in total. The van der Waals surface area contributed by atoms with Gasteiger partial charge in [-0.25, -0.2) is 9.67 Å². The topological polar surface area (TPSA) is 125 Å². The van der Waals surface area contributed by atoms with E-state index in [9.17, 15) is 9.59 Å². The van der Waals surface area contributed by atoms with Gasteiger partial charge < -0.3 is 4.42 Å². The van der Waals surface area contributed by atoms with E-state index in [2.05, 4.69) is 25.5 Å². The Balaban J connectivity index is 1.19. The summed E-state index contributed by atoms with van der Waals surface area (Å²) in [5, 5.41) is 12.3. The maximum absolute atomic E-state index is 13.7. The zero-order valence-corrected chi connectivity index (χ0v) is 24.2. The number of carbonyl (C=O) groups excluding carboxylic acids is 1. The first-order valence-corrected chi connectivity index (χ1v) is 14.2. The Morgan fingerprint density at radius 1 is 0.889 bits per heavy atom. The lowest BCUT2D eigenvalue weighted by atomic mass is 9.98. The van der Waals surface area contributed by atoms with E-state index in [-0.39, 0.29) is 23.8 Å². The number of anilines is 1. The highest BCUT2D eigenvalue weighted by atomic mass is 16.3. The fraction of sp³-hybridized carbons (Fsp3) is 0.0882. The van der Waals surface area contributed by atoms with E-state index in [0.29, 0.717) is 34.7 Å². The van der Waals surface area contributed by atoms with Crippen LogP contribution in [0.2, 0.25) is 0 Å². The fourth-order valence-corrected chi connectivity index (χ4v) is 5.27. The van der Waals surface area contributed by atoms with Crippen LogP contribution in [-0.4, -0.2) is 40.6 Å². The highest BCUT2D eigenvalue weighted by Crippen LogP contribution is 2.30. The van der Waals surface area contributed by atoms with Gasteiger partial charge in [0.05, 0.1) is 42.3 Å². The number of carbonyl (C=O) groups is 1. The van der Waals surface area contributed by atoms with E-state index in [1.165, 1.54) is 6.26 Å². The highest BCUT2D eigenvalue weighted by molar-refractivity contribution is 6.05. The Morgan fingerprint density at radius 3 is 2.44 bits per heavy atom. The molecule has 0 saturated carbocycles. The minimum Gasteiger partial charge on any atom is -0.459 e. The van der Waals surface area contributed by atoms with Crippen LogP contribution in [0, 0.1) is 0 Å². The second-order valence-corrected chi connectivity index (χ2v) is 10.4. The third-order valence-corrected chi connectivity index (χ3v) is 7.55. The number of amides is 1. The van der Waals surface area contributed by atoms with E-state index in [1.54, 1.807) is 57.0 Å². The quantitative estimate of drug-likeness (QED) is 0.237. The minimum atomic E-state index is -0.341. The van der Waals surface area contributed by atoms with Gasteiger partial charge in [-0.15, -0.1) is 5.10 Å². The molecule has 0 atom stereocenters. The van der Waals surface area contributed by atoms with Crippen molar-refractivity contribution in [3.05, 3.63) is 143 Å². The molecule has 0 aliphatic rings. The van der Waals surface area contributed by atoms with Crippen LogP contribution in [0.4, 0.5) is 5.69 Å². The number of benzene rings is 3. The maximum atomic E-state index is 13.7. The minimum absolute atomic E-state index is 0.189. The predicted octanol–water partition coefficient (Wildman–Crippen LogP) is 5.14. The summed E-state index contributed by atoms with van der Waals surface area (Å²) in [4.78, 5) is 37.7. The van der Waals surface area contributed by atoms with Crippen molar-refractivity contribution in [1.82, 2.24) is 34.7 Å². The molecule has 1 amide bonds. The Morgan fingerprint density at radius 2 is 1.71 bits per heavy atom. The van der Waals surface area contributed by atoms with Gasteiger partial charge in [0.2, 0.25) is 0 Å². The van der Waals surface area contributed by atoms with Gasteiger partial charge in [-0.2, -0.15) is 0 Å². The molecule has 45 heavy (non-hydrogen) atoms. The predicted molar refractivity (Wildman–Crippen MR) is 168 cm³/mol. The van der Waals surface area contributed by atoms with Crippen molar-refractivity contribution in [2.45, 2.75) is 13.1 Å². The molecule has 7 aromatic rings. The molecule has 11 heteroatoms. The Hall–Kier alpha value is -6.23. The summed E-state index contributed by atoms with van der Waals surface area (Å²) in [7, 11) is 1.81. The number of hydrogen-bond donors (Lipinski definition) is 0. The lowest BCUT2D eigenvalue weighted by Gasteiger charge is -2.22. The molecule has 0 saturated heterocycles. The SMILES string of the molecule is Cn1nnnc1-c1ccccc1-c1ccc(Cn2cnc3ccc(N(Cc4ccccn4)C(=O)c4ccco4)cc3c2=O)cc1. The normalized spacial score (nSPS) is 11.1. The first-order valence-electron chi connectivity index (χ1n) is 14.2. The number of furan rings is 1. The van der Waals surface area contributed by atoms with E-state index < -0.39 is 0 Å². The molecule has 0 aliphatic heterocycles. The van der Waals surface area contributed by atoms with Gasteiger partial charge in [0.1, 0.15) is 0 Å². The van der Waals surface area contributed by atoms with E-state index in [0.717, 1.165) is 22.3 Å². The first-order chi connectivity index (χ1) is 22.0. The average molecular weight is 595 g/mol. The van der Waals surface area contributed by atoms with Gasteiger partial charge in [0, 0.05) is 24.5 Å². The summed E-state index contributed by atoms with van der Waals surface area (Å²) in [5.41, 5.74) is 5.40. The van der Waals surface area contributed by atoms with Crippen LogP contribution in [0.5, 0.6) is 0 Å². The monoisotopic (exact) mass is 594 g/mol. The number of pyridine rings is 1. The summed E-state index contributed by atoms with van der Waals surface area (Å²) >= 11 is 0. The van der Waals surface area contributed by atoms with Crippen molar-refractivity contribution >= 4 is 22.5 Å². The third-order valence-electron chi connectivity index (χ3n) is 7.55. The van der Waals surface area contributed by atoms with Crippen LogP contribution in [-0.2, 0) is 20.1 Å². The van der Waals surface area contributed by atoms with Crippen LogP contribution < -0.4 is 10.5 Å². The molecule has 0 fully saturated rings. The first kappa shape index (κ1) is 27.6. The number of aromatic nitrogens is 7. The Labute approximate surface area is 257 Å². The van der Waals surface area contributed by atoms with Crippen molar-refractivity contribution in [3.63, 3.8) is 0 Å². The van der Waals surface area contributed by atoms with E-state index in [4.69, 9.17) is 4.42 Å². The van der Waals surface area contributed by atoms with Crippen molar-refractivity contribution in [2.75, 3.05) is 4.90 Å². The van der Waals surface area contributed by atoms with Gasteiger partial charge in [0.15, 0.2) is 11.6 Å². The lowest BCUT2D eigenvalue weighted by molar-refractivity contribution is 0.0958. The summed E-state index contributed by atoms with van der Waals surface area (Å²) in [6, 6.07) is 30.0. The molecule has 3 aromatic carbocycles. The second-order valence-electron chi connectivity index (χ2n) is 10.4. The van der Waals surface area contributed by atoms with Gasteiger partial charge in [-0.1, -0.05) is 54.6 Å². The van der Waals surface area contributed by atoms with Gasteiger partial charge >= 0.3 is 0 Å². The summed E-state index contributed by atoms with van der Waals surface area (Å²) in [5.74, 6) is 0.521. The molecule has 4 heterocycles. The number of aryl methyl sites for hydroxylation is 1. The number of hydrogen-bond acceptors (Lipinski definition) is 8. The molecule has 0 bridgehead atoms.